The molecular formula is C11H15N5O2. The second-order valence-electron chi connectivity index (χ2n) is 3.73. The zero-order chi connectivity index (χ0) is 12.8. The predicted molar refractivity (Wildman–Crippen MR) is 63.8 cm³/mol. The number of nitrogens with one attached hydrogen (secondary N) is 1. The molecule has 2 heterocycles. The molecule has 0 bridgehead atoms. The summed E-state index contributed by atoms with van der Waals surface area (Å²) >= 11 is 0. The number of likely N-dealkylation sites (N-methyl/N-ethyl adjacent to an activating group) is 1. The van der Waals surface area contributed by atoms with Gasteiger partial charge in [-0.3, -0.25) is 0 Å². The minimum Gasteiger partial charge on any atom is -0.383 e. The zero-order valence-electron chi connectivity index (χ0n) is 10.3. The average molecular weight is 249 g/mol. The summed E-state index contributed by atoms with van der Waals surface area (Å²) in [5, 5.41) is 6.97. The van der Waals surface area contributed by atoms with Gasteiger partial charge in [0.25, 0.3) is 0 Å². The van der Waals surface area contributed by atoms with Crippen LogP contribution in [-0.4, -0.2) is 46.9 Å². The van der Waals surface area contributed by atoms with Crippen LogP contribution >= 0.6 is 0 Å². The molecule has 0 fully saturated rings. The van der Waals surface area contributed by atoms with Gasteiger partial charge in [0.2, 0.25) is 17.5 Å². The molecule has 2 aromatic heterocycles. The van der Waals surface area contributed by atoms with E-state index in [1.54, 1.807) is 25.6 Å². The van der Waals surface area contributed by atoms with Crippen LogP contribution in [0.1, 0.15) is 5.89 Å². The molecule has 7 nitrogen and oxygen atoms in total. The molecule has 0 amide bonds. The Morgan fingerprint density at radius 1 is 1.33 bits per heavy atom. The third kappa shape index (κ3) is 3.08. The highest BCUT2D eigenvalue weighted by Gasteiger charge is 2.14. The Balaban J connectivity index is 2.06. The summed E-state index contributed by atoms with van der Waals surface area (Å²) in [6, 6.07) is 1.88. The van der Waals surface area contributed by atoms with Crippen molar-refractivity contribution in [1.29, 1.82) is 0 Å². The fraction of sp³-hybridized carbons (Fsp3) is 0.455. The molecule has 96 valence electrons. The number of aromatic nitrogens is 4. The highest BCUT2D eigenvalue weighted by atomic mass is 16.5. The van der Waals surface area contributed by atoms with Crippen LogP contribution in [0, 0.1) is 0 Å². The maximum absolute atomic E-state index is 5.16. The van der Waals surface area contributed by atoms with Gasteiger partial charge in [-0.1, -0.05) is 5.16 Å². The van der Waals surface area contributed by atoms with Gasteiger partial charge in [0.1, 0.15) is 0 Å². The fourth-order valence-corrected chi connectivity index (χ4v) is 1.50. The molecule has 0 radical (unpaired) electrons. The molecule has 0 spiro atoms. The Morgan fingerprint density at radius 2 is 2.11 bits per heavy atom. The van der Waals surface area contributed by atoms with Gasteiger partial charge in [0, 0.05) is 32.0 Å². The van der Waals surface area contributed by atoms with Crippen molar-refractivity contribution in [3.05, 3.63) is 24.4 Å². The molecule has 7 heteroatoms. The van der Waals surface area contributed by atoms with Crippen LogP contribution in [0.15, 0.2) is 23.0 Å². The minimum absolute atomic E-state index is 0.139. The van der Waals surface area contributed by atoms with E-state index in [0.717, 1.165) is 0 Å². The van der Waals surface area contributed by atoms with E-state index in [0.29, 0.717) is 30.6 Å². The van der Waals surface area contributed by atoms with Crippen LogP contribution in [0.5, 0.6) is 0 Å². The third-order valence-corrected chi connectivity index (χ3v) is 2.43. The van der Waals surface area contributed by atoms with Crippen LogP contribution in [0.2, 0.25) is 0 Å². The van der Waals surface area contributed by atoms with E-state index in [1.807, 2.05) is 7.05 Å². The van der Waals surface area contributed by atoms with Gasteiger partial charge in [0.05, 0.1) is 6.61 Å². The number of hydrogen-bond acceptors (Lipinski definition) is 7. The molecule has 0 saturated heterocycles. The smallest absolute Gasteiger partial charge is 0.240 e. The largest absolute Gasteiger partial charge is 0.383 e. The Morgan fingerprint density at radius 3 is 2.78 bits per heavy atom. The molecule has 0 aromatic carbocycles. The molecule has 0 aliphatic rings. The van der Waals surface area contributed by atoms with E-state index in [4.69, 9.17) is 9.26 Å². The predicted octanol–water partition coefficient (Wildman–Crippen LogP) is 0.303. The molecule has 0 aliphatic heterocycles. The molecular weight excluding hydrogens is 234 g/mol. The monoisotopic (exact) mass is 249 g/mol. The summed E-state index contributed by atoms with van der Waals surface area (Å²) in [6.07, 6.45) is 3.88. The highest BCUT2D eigenvalue weighted by molar-refractivity contribution is 5.40. The molecule has 1 unspecified atom stereocenters. The number of methoxy groups -OCH3 is 1. The number of ether oxygens (including phenoxy) is 1. The molecule has 2 aromatic rings. The lowest BCUT2D eigenvalue weighted by Gasteiger charge is -2.11. The molecule has 2 rings (SSSR count). The normalized spacial score (nSPS) is 12.6. The Bertz CT molecular complexity index is 473. The lowest BCUT2D eigenvalue weighted by atomic mass is 10.2. The third-order valence-electron chi connectivity index (χ3n) is 2.43. The molecule has 0 saturated carbocycles. The fourth-order valence-electron chi connectivity index (χ4n) is 1.50. The summed E-state index contributed by atoms with van der Waals surface area (Å²) in [4.78, 5) is 12.4. The van der Waals surface area contributed by atoms with E-state index in [2.05, 4.69) is 25.4 Å². The van der Waals surface area contributed by atoms with Gasteiger partial charge < -0.3 is 14.6 Å². The first kappa shape index (κ1) is 12.6. The second kappa shape index (κ2) is 6.18. The average Bonchev–Trinajstić information content (AvgIpc) is 2.88. The molecule has 0 aliphatic carbocycles. The highest BCUT2D eigenvalue weighted by Crippen LogP contribution is 2.10. The number of rotatable bonds is 6. The molecule has 18 heavy (non-hydrogen) atoms. The van der Waals surface area contributed by atoms with Crippen molar-refractivity contribution in [2.75, 3.05) is 20.8 Å². The van der Waals surface area contributed by atoms with Gasteiger partial charge >= 0.3 is 0 Å². The molecule has 1 N–H and O–H groups in total. The van der Waals surface area contributed by atoms with Gasteiger partial charge in [-0.15, -0.1) is 0 Å². The van der Waals surface area contributed by atoms with Crippen LogP contribution in [0.25, 0.3) is 11.6 Å². The summed E-state index contributed by atoms with van der Waals surface area (Å²) in [5.74, 6) is 1.40. The van der Waals surface area contributed by atoms with Crippen molar-refractivity contribution in [2.45, 2.75) is 12.5 Å². The van der Waals surface area contributed by atoms with Crippen LogP contribution in [0.4, 0.5) is 0 Å². The first-order valence-corrected chi connectivity index (χ1v) is 5.59. The maximum atomic E-state index is 5.16. The first-order valence-electron chi connectivity index (χ1n) is 5.59. The number of hydrogen-bond donors (Lipinski definition) is 1. The zero-order valence-corrected chi connectivity index (χ0v) is 10.3. The van der Waals surface area contributed by atoms with Gasteiger partial charge in [-0.05, 0) is 13.1 Å². The first-order chi connectivity index (χ1) is 8.83. The van der Waals surface area contributed by atoms with Crippen molar-refractivity contribution < 1.29 is 9.26 Å². The van der Waals surface area contributed by atoms with Crippen molar-refractivity contribution in [3.8, 4) is 11.6 Å². The Hall–Kier alpha value is -1.86. The summed E-state index contributed by atoms with van der Waals surface area (Å²) in [6.45, 7) is 0.579. The SMILES string of the molecule is CNC(COC)Cc1nc(-c2ncccn2)no1. The quantitative estimate of drug-likeness (QED) is 0.788. The van der Waals surface area contributed by atoms with E-state index in [1.165, 1.54) is 0 Å². The van der Waals surface area contributed by atoms with Gasteiger partial charge in [-0.25, -0.2) is 9.97 Å². The molecule has 1 atom stereocenters. The Kier molecular flexibility index (Phi) is 4.32. The second-order valence-corrected chi connectivity index (χ2v) is 3.73. The van der Waals surface area contributed by atoms with Crippen molar-refractivity contribution in [1.82, 2.24) is 25.4 Å². The Labute approximate surface area is 105 Å². The van der Waals surface area contributed by atoms with Crippen LogP contribution in [0.3, 0.4) is 0 Å². The maximum Gasteiger partial charge on any atom is 0.240 e. The van der Waals surface area contributed by atoms with Crippen LogP contribution in [-0.2, 0) is 11.2 Å². The van der Waals surface area contributed by atoms with Crippen LogP contribution < -0.4 is 5.32 Å². The van der Waals surface area contributed by atoms with Gasteiger partial charge in [0.15, 0.2) is 0 Å². The van der Waals surface area contributed by atoms with Gasteiger partial charge in [-0.2, -0.15) is 4.98 Å². The van der Waals surface area contributed by atoms with Crippen molar-refractivity contribution in [3.63, 3.8) is 0 Å². The summed E-state index contributed by atoms with van der Waals surface area (Å²) < 4.78 is 10.2. The summed E-state index contributed by atoms with van der Waals surface area (Å²) in [5.41, 5.74) is 0. The number of nitrogens with zero attached hydrogens (tertiary/aromatic N) is 4. The lowest BCUT2D eigenvalue weighted by Crippen LogP contribution is -2.32. The van der Waals surface area contributed by atoms with E-state index >= 15 is 0 Å². The topological polar surface area (TPSA) is 86.0 Å². The lowest BCUT2D eigenvalue weighted by molar-refractivity contribution is 0.165. The minimum atomic E-state index is 0.139. The summed E-state index contributed by atoms with van der Waals surface area (Å²) in [7, 11) is 3.52. The van der Waals surface area contributed by atoms with Crippen molar-refractivity contribution in [2.24, 2.45) is 0 Å². The van der Waals surface area contributed by atoms with E-state index < -0.39 is 0 Å². The van der Waals surface area contributed by atoms with Crippen molar-refractivity contribution >= 4 is 0 Å². The van der Waals surface area contributed by atoms with E-state index in [9.17, 15) is 0 Å². The standard InChI is InChI=1S/C11H15N5O2/c1-12-8(7-17-2)6-9-15-11(16-18-9)10-13-4-3-5-14-10/h3-5,8,12H,6-7H2,1-2H3. The van der Waals surface area contributed by atoms with E-state index in [-0.39, 0.29) is 6.04 Å².